The SMILES string of the molecule is CC(NC(=O)C(NCCCc1ccccc1)C(C)C)C(=O)NN(CC(=O)O)C(=O)[C@@H]1O[C@@H]1C(=O)OCc1ccccc1. The number of aliphatic carboxylic acids is 1. The minimum Gasteiger partial charge on any atom is -0.480 e. The minimum atomic E-state index is -1.40. The van der Waals surface area contributed by atoms with E-state index in [-0.39, 0.29) is 12.5 Å². The number of benzene rings is 2. The first-order chi connectivity index (χ1) is 20.1. The number of carbonyl (C=O) groups is 5. The second-order valence-electron chi connectivity index (χ2n) is 10.4. The summed E-state index contributed by atoms with van der Waals surface area (Å²) in [5.74, 6) is -4.40. The molecule has 2 unspecified atom stereocenters. The zero-order valence-electron chi connectivity index (χ0n) is 23.9. The number of hydrogen-bond donors (Lipinski definition) is 4. The van der Waals surface area contributed by atoms with Gasteiger partial charge in [0.1, 0.15) is 19.2 Å². The van der Waals surface area contributed by atoms with Crippen LogP contribution < -0.4 is 16.1 Å². The van der Waals surface area contributed by atoms with Crippen LogP contribution in [0.3, 0.4) is 0 Å². The lowest BCUT2D eigenvalue weighted by molar-refractivity contribution is -0.151. The van der Waals surface area contributed by atoms with Crippen LogP contribution in [0.5, 0.6) is 0 Å². The number of carbonyl (C=O) groups excluding carboxylic acids is 4. The van der Waals surface area contributed by atoms with Gasteiger partial charge in [0.15, 0.2) is 12.2 Å². The summed E-state index contributed by atoms with van der Waals surface area (Å²) in [6, 6.07) is 17.2. The molecule has 42 heavy (non-hydrogen) atoms. The first-order valence-corrected chi connectivity index (χ1v) is 13.8. The topological polar surface area (TPSA) is 167 Å². The number of epoxide rings is 1. The Morgan fingerprint density at radius 2 is 1.52 bits per heavy atom. The molecule has 4 N–H and O–H groups in total. The number of aryl methyl sites for hydroxylation is 1. The van der Waals surface area contributed by atoms with E-state index in [1.807, 2.05) is 50.2 Å². The van der Waals surface area contributed by atoms with E-state index in [2.05, 4.69) is 16.1 Å². The maximum absolute atomic E-state index is 13.0. The van der Waals surface area contributed by atoms with Gasteiger partial charge in [0.05, 0.1) is 6.04 Å². The molecule has 3 rings (SSSR count). The fraction of sp³-hybridized carbons (Fsp3) is 0.433. The third kappa shape index (κ3) is 9.96. The fourth-order valence-electron chi connectivity index (χ4n) is 4.18. The lowest BCUT2D eigenvalue weighted by atomic mass is 10.0. The van der Waals surface area contributed by atoms with Crippen LogP contribution in [0, 0.1) is 5.92 Å². The van der Waals surface area contributed by atoms with Crippen molar-refractivity contribution in [2.75, 3.05) is 13.1 Å². The fourth-order valence-corrected chi connectivity index (χ4v) is 4.18. The molecule has 2 aromatic carbocycles. The number of esters is 1. The summed E-state index contributed by atoms with van der Waals surface area (Å²) in [6.07, 6.45) is -0.857. The molecular weight excluding hydrogens is 544 g/mol. The quantitative estimate of drug-likeness (QED) is 0.104. The van der Waals surface area contributed by atoms with Crippen LogP contribution in [0.25, 0.3) is 0 Å². The van der Waals surface area contributed by atoms with Crippen molar-refractivity contribution in [3.8, 4) is 0 Å². The van der Waals surface area contributed by atoms with Crippen LogP contribution in [0.2, 0.25) is 0 Å². The molecule has 0 spiro atoms. The predicted molar refractivity (Wildman–Crippen MR) is 151 cm³/mol. The van der Waals surface area contributed by atoms with Gasteiger partial charge in [-0.2, -0.15) is 0 Å². The molecule has 1 aliphatic rings. The summed E-state index contributed by atoms with van der Waals surface area (Å²) in [4.78, 5) is 62.4. The van der Waals surface area contributed by atoms with Gasteiger partial charge in [-0.1, -0.05) is 74.5 Å². The number of hydrogen-bond acceptors (Lipinski definition) is 8. The molecule has 0 saturated carbocycles. The van der Waals surface area contributed by atoms with Crippen LogP contribution in [0.4, 0.5) is 0 Å². The summed E-state index contributed by atoms with van der Waals surface area (Å²) in [7, 11) is 0. The van der Waals surface area contributed by atoms with E-state index in [0.29, 0.717) is 11.6 Å². The van der Waals surface area contributed by atoms with Gasteiger partial charge in [0, 0.05) is 0 Å². The van der Waals surface area contributed by atoms with E-state index in [9.17, 15) is 29.1 Å². The van der Waals surface area contributed by atoms with Crippen molar-refractivity contribution in [1.82, 2.24) is 21.1 Å². The second kappa shape index (κ2) is 15.6. The third-order valence-corrected chi connectivity index (χ3v) is 6.55. The molecule has 3 amide bonds. The van der Waals surface area contributed by atoms with Crippen molar-refractivity contribution in [3.05, 3.63) is 71.8 Å². The molecule has 0 radical (unpaired) electrons. The highest BCUT2D eigenvalue weighted by molar-refractivity contribution is 5.96. The number of amides is 3. The number of ether oxygens (including phenoxy) is 2. The minimum absolute atomic E-state index is 0.0213. The maximum atomic E-state index is 13.0. The van der Waals surface area contributed by atoms with Gasteiger partial charge in [-0.05, 0) is 43.4 Å². The summed E-state index contributed by atoms with van der Waals surface area (Å²) in [5, 5.41) is 15.7. The summed E-state index contributed by atoms with van der Waals surface area (Å²) in [5.41, 5.74) is 4.17. The zero-order valence-corrected chi connectivity index (χ0v) is 23.9. The molecule has 1 heterocycles. The molecule has 226 valence electrons. The van der Waals surface area contributed by atoms with Gasteiger partial charge in [-0.3, -0.25) is 24.6 Å². The maximum Gasteiger partial charge on any atom is 0.338 e. The Morgan fingerprint density at radius 3 is 2.12 bits per heavy atom. The van der Waals surface area contributed by atoms with Crippen LogP contribution in [0.1, 0.15) is 38.3 Å². The van der Waals surface area contributed by atoms with E-state index < -0.39 is 60.5 Å². The number of nitrogens with zero attached hydrogens (tertiary/aromatic N) is 1. The Hall–Kier alpha value is -4.29. The third-order valence-electron chi connectivity index (χ3n) is 6.55. The summed E-state index contributed by atoms with van der Waals surface area (Å²) >= 11 is 0. The molecule has 1 fully saturated rings. The van der Waals surface area contributed by atoms with Crippen molar-refractivity contribution in [1.29, 1.82) is 0 Å². The molecule has 12 heteroatoms. The number of hydrazine groups is 1. The van der Waals surface area contributed by atoms with Gasteiger partial charge in [0.25, 0.3) is 11.8 Å². The highest BCUT2D eigenvalue weighted by Gasteiger charge is 2.53. The molecule has 0 aliphatic carbocycles. The monoisotopic (exact) mass is 582 g/mol. The predicted octanol–water partition coefficient (Wildman–Crippen LogP) is 1.19. The molecule has 4 atom stereocenters. The first-order valence-electron chi connectivity index (χ1n) is 13.8. The van der Waals surface area contributed by atoms with Gasteiger partial charge >= 0.3 is 11.9 Å². The van der Waals surface area contributed by atoms with Crippen molar-refractivity contribution in [3.63, 3.8) is 0 Å². The van der Waals surface area contributed by atoms with Crippen molar-refractivity contribution in [2.45, 2.75) is 64.5 Å². The Morgan fingerprint density at radius 1 is 0.905 bits per heavy atom. The van der Waals surface area contributed by atoms with Crippen LogP contribution in [-0.2, 0) is 46.5 Å². The molecule has 2 aromatic rings. The highest BCUT2D eigenvalue weighted by atomic mass is 16.6. The van der Waals surface area contributed by atoms with E-state index >= 15 is 0 Å². The van der Waals surface area contributed by atoms with Gasteiger partial charge < -0.3 is 25.2 Å². The molecule has 1 saturated heterocycles. The number of carboxylic acids is 1. The number of rotatable bonds is 15. The summed E-state index contributed by atoms with van der Waals surface area (Å²) in [6.45, 7) is 4.86. The average Bonchev–Trinajstić information content (AvgIpc) is 3.77. The Bertz CT molecular complexity index is 1220. The van der Waals surface area contributed by atoms with E-state index in [0.717, 1.165) is 18.4 Å². The zero-order chi connectivity index (χ0) is 30.6. The van der Waals surface area contributed by atoms with Gasteiger partial charge in [-0.25, -0.2) is 9.80 Å². The average molecular weight is 583 g/mol. The lowest BCUT2D eigenvalue weighted by Gasteiger charge is -2.26. The Labute approximate surface area is 244 Å². The van der Waals surface area contributed by atoms with Crippen LogP contribution in [-0.4, -0.2) is 77.2 Å². The van der Waals surface area contributed by atoms with E-state index in [1.54, 1.807) is 24.3 Å². The number of nitrogens with one attached hydrogen (secondary N) is 3. The molecule has 12 nitrogen and oxygen atoms in total. The Balaban J connectivity index is 1.49. The van der Waals surface area contributed by atoms with E-state index in [4.69, 9.17) is 9.47 Å². The molecule has 0 aromatic heterocycles. The Kier molecular flexibility index (Phi) is 12.0. The lowest BCUT2D eigenvalue weighted by Crippen LogP contribution is -2.58. The molecule has 1 aliphatic heterocycles. The highest BCUT2D eigenvalue weighted by Crippen LogP contribution is 2.25. The van der Waals surface area contributed by atoms with E-state index in [1.165, 1.54) is 12.5 Å². The molecular formula is C30H38N4O8. The van der Waals surface area contributed by atoms with Crippen LogP contribution >= 0.6 is 0 Å². The van der Waals surface area contributed by atoms with Crippen LogP contribution in [0.15, 0.2) is 60.7 Å². The first kappa shape index (κ1) is 32.2. The van der Waals surface area contributed by atoms with Crippen molar-refractivity contribution >= 4 is 29.7 Å². The molecule has 0 bridgehead atoms. The largest absolute Gasteiger partial charge is 0.480 e. The van der Waals surface area contributed by atoms with Gasteiger partial charge in [0.2, 0.25) is 5.91 Å². The van der Waals surface area contributed by atoms with Gasteiger partial charge in [-0.15, -0.1) is 0 Å². The van der Waals surface area contributed by atoms with Crippen molar-refractivity contribution < 1.29 is 38.6 Å². The summed E-state index contributed by atoms with van der Waals surface area (Å²) < 4.78 is 10.3. The smallest absolute Gasteiger partial charge is 0.338 e. The number of carboxylic acid groups (broad SMARTS) is 1. The van der Waals surface area contributed by atoms with Crippen molar-refractivity contribution in [2.24, 2.45) is 5.92 Å². The normalized spacial score (nSPS) is 17.0. The standard InChI is InChI=1S/C30H38N4O8/c1-19(2)24(31-16-10-15-21-11-6-4-7-12-21)28(38)32-20(3)27(37)33-34(17-23(35)36)29(39)25-26(42-25)30(40)41-18-22-13-8-5-9-14-22/h4-9,11-14,19-20,24-26,31H,10,15-18H2,1-3H3,(H,32,38)(H,33,37)(H,35,36)/t20?,24?,25-,26+/m1/s1. The second-order valence-corrected chi connectivity index (χ2v) is 10.4.